The second-order valence-electron chi connectivity index (χ2n) is 7.77. The SMILES string of the molecule is CCc1ccc(/C(C)=N/NC(=O)CCCCC(=O)N/N=C(\C)c2ccc(CC)cc2)cc1. The van der Waals surface area contributed by atoms with Gasteiger partial charge in [0.1, 0.15) is 0 Å². The van der Waals surface area contributed by atoms with Gasteiger partial charge >= 0.3 is 0 Å². The Morgan fingerprint density at radius 2 is 1.00 bits per heavy atom. The van der Waals surface area contributed by atoms with Crippen LogP contribution in [0.4, 0.5) is 0 Å². The molecule has 0 unspecified atom stereocenters. The van der Waals surface area contributed by atoms with E-state index in [-0.39, 0.29) is 11.8 Å². The quantitative estimate of drug-likeness (QED) is 0.304. The third-order valence-electron chi connectivity index (χ3n) is 5.31. The summed E-state index contributed by atoms with van der Waals surface area (Å²) in [6.07, 6.45) is 3.85. The summed E-state index contributed by atoms with van der Waals surface area (Å²) in [5.41, 5.74) is 11.2. The van der Waals surface area contributed by atoms with Crippen LogP contribution in [0.1, 0.15) is 75.6 Å². The zero-order chi connectivity index (χ0) is 23.3. The highest BCUT2D eigenvalue weighted by Gasteiger charge is 2.05. The molecule has 0 aliphatic carbocycles. The third kappa shape index (κ3) is 8.46. The lowest BCUT2D eigenvalue weighted by atomic mass is 10.1. The van der Waals surface area contributed by atoms with Crippen LogP contribution in [0.15, 0.2) is 58.7 Å². The standard InChI is InChI=1S/C26H34N4O2/c1-5-21-11-15-23(16-12-21)19(3)27-29-25(31)9-7-8-10-26(32)30-28-20(4)24-17-13-22(6-2)14-18-24/h11-18H,5-10H2,1-4H3,(H,29,31)(H,30,32)/b27-19+,28-20+. The molecule has 0 fully saturated rings. The van der Waals surface area contributed by atoms with E-state index >= 15 is 0 Å². The minimum absolute atomic E-state index is 0.153. The second-order valence-corrected chi connectivity index (χ2v) is 7.77. The molecule has 0 radical (unpaired) electrons. The highest BCUT2D eigenvalue weighted by Crippen LogP contribution is 2.07. The topological polar surface area (TPSA) is 82.9 Å². The van der Waals surface area contributed by atoms with Crippen molar-refractivity contribution in [3.63, 3.8) is 0 Å². The van der Waals surface area contributed by atoms with Gasteiger partial charge in [-0.2, -0.15) is 10.2 Å². The van der Waals surface area contributed by atoms with Crippen molar-refractivity contribution in [3.05, 3.63) is 70.8 Å². The molecule has 0 atom stereocenters. The van der Waals surface area contributed by atoms with Gasteiger partial charge in [-0.3, -0.25) is 9.59 Å². The normalized spacial score (nSPS) is 11.9. The zero-order valence-electron chi connectivity index (χ0n) is 19.6. The molecule has 2 aromatic carbocycles. The van der Waals surface area contributed by atoms with E-state index in [2.05, 4.69) is 59.2 Å². The number of nitrogens with zero attached hydrogens (tertiary/aromatic N) is 2. The minimum atomic E-state index is -0.153. The van der Waals surface area contributed by atoms with E-state index in [0.717, 1.165) is 35.4 Å². The van der Waals surface area contributed by atoms with Gasteiger partial charge in [-0.25, -0.2) is 10.9 Å². The molecule has 2 N–H and O–H groups in total. The van der Waals surface area contributed by atoms with Gasteiger partial charge in [0.05, 0.1) is 11.4 Å². The molecule has 2 rings (SSSR count). The smallest absolute Gasteiger partial charge is 0.240 e. The fraction of sp³-hybridized carbons (Fsp3) is 0.385. The molecule has 0 aliphatic heterocycles. The summed E-state index contributed by atoms with van der Waals surface area (Å²) in [6.45, 7) is 7.96. The molecule has 6 heteroatoms. The first-order valence-electron chi connectivity index (χ1n) is 11.3. The Balaban J connectivity index is 1.67. The lowest BCUT2D eigenvalue weighted by Gasteiger charge is -2.05. The van der Waals surface area contributed by atoms with Gasteiger partial charge in [0.15, 0.2) is 0 Å². The largest absolute Gasteiger partial charge is 0.273 e. The average Bonchev–Trinajstić information content (AvgIpc) is 2.83. The molecular formula is C26H34N4O2. The van der Waals surface area contributed by atoms with Crippen molar-refractivity contribution in [3.8, 4) is 0 Å². The molecule has 0 heterocycles. The van der Waals surface area contributed by atoms with Gasteiger partial charge in [0, 0.05) is 12.8 Å². The number of rotatable bonds is 11. The number of carbonyl (C=O) groups excluding carboxylic acids is 2. The van der Waals surface area contributed by atoms with Crippen LogP contribution >= 0.6 is 0 Å². The Bertz CT molecular complexity index is 865. The molecular weight excluding hydrogens is 400 g/mol. The first-order valence-corrected chi connectivity index (χ1v) is 11.3. The van der Waals surface area contributed by atoms with E-state index in [4.69, 9.17) is 0 Å². The first-order chi connectivity index (χ1) is 15.4. The number of nitrogens with one attached hydrogen (secondary N) is 2. The third-order valence-corrected chi connectivity index (χ3v) is 5.31. The first kappa shape index (κ1) is 25.0. The summed E-state index contributed by atoms with van der Waals surface area (Å²) in [6, 6.07) is 16.3. The summed E-state index contributed by atoms with van der Waals surface area (Å²) in [4.78, 5) is 24.0. The van der Waals surface area contributed by atoms with Crippen LogP contribution in [-0.4, -0.2) is 23.2 Å². The van der Waals surface area contributed by atoms with Crippen LogP contribution in [0.3, 0.4) is 0 Å². The Kier molecular flexibility index (Phi) is 10.3. The van der Waals surface area contributed by atoms with Crippen molar-refractivity contribution in [1.29, 1.82) is 0 Å². The molecule has 0 saturated carbocycles. The highest BCUT2D eigenvalue weighted by atomic mass is 16.2. The molecule has 2 aromatic rings. The number of benzene rings is 2. The number of aryl methyl sites for hydroxylation is 2. The van der Waals surface area contributed by atoms with Crippen LogP contribution in [-0.2, 0) is 22.4 Å². The molecule has 170 valence electrons. The molecule has 0 aliphatic rings. The Morgan fingerprint density at radius 1 is 0.656 bits per heavy atom. The Morgan fingerprint density at radius 3 is 1.31 bits per heavy atom. The Labute approximate surface area is 191 Å². The van der Waals surface area contributed by atoms with Crippen LogP contribution in [0.2, 0.25) is 0 Å². The monoisotopic (exact) mass is 434 g/mol. The van der Waals surface area contributed by atoms with E-state index in [9.17, 15) is 9.59 Å². The summed E-state index contributed by atoms with van der Waals surface area (Å²) >= 11 is 0. The minimum Gasteiger partial charge on any atom is -0.273 e. The van der Waals surface area contributed by atoms with E-state index in [0.29, 0.717) is 25.7 Å². The number of hydrazone groups is 2. The molecule has 0 spiro atoms. The van der Waals surface area contributed by atoms with Crippen LogP contribution < -0.4 is 10.9 Å². The molecule has 0 aromatic heterocycles. The van der Waals surface area contributed by atoms with Gasteiger partial charge in [0.2, 0.25) is 11.8 Å². The lowest BCUT2D eigenvalue weighted by Crippen LogP contribution is -2.20. The Hall–Kier alpha value is -3.28. The predicted octanol–water partition coefficient (Wildman–Crippen LogP) is 4.75. The summed E-state index contributed by atoms with van der Waals surface area (Å²) < 4.78 is 0. The number of carbonyl (C=O) groups is 2. The molecule has 6 nitrogen and oxygen atoms in total. The van der Waals surface area contributed by atoms with Crippen molar-refractivity contribution in [1.82, 2.24) is 10.9 Å². The van der Waals surface area contributed by atoms with Gasteiger partial charge in [-0.15, -0.1) is 0 Å². The van der Waals surface area contributed by atoms with Crippen molar-refractivity contribution < 1.29 is 9.59 Å². The van der Waals surface area contributed by atoms with Gasteiger partial charge in [-0.1, -0.05) is 62.4 Å². The van der Waals surface area contributed by atoms with Crippen molar-refractivity contribution in [2.24, 2.45) is 10.2 Å². The number of hydrogen-bond donors (Lipinski definition) is 2. The summed E-state index contributed by atoms with van der Waals surface area (Å²) in [7, 11) is 0. The van der Waals surface area contributed by atoms with Crippen molar-refractivity contribution in [2.75, 3.05) is 0 Å². The van der Waals surface area contributed by atoms with E-state index < -0.39 is 0 Å². The van der Waals surface area contributed by atoms with Gasteiger partial charge < -0.3 is 0 Å². The maximum absolute atomic E-state index is 12.0. The van der Waals surface area contributed by atoms with Gasteiger partial charge in [-0.05, 0) is 61.8 Å². The van der Waals surface area contributed by atoms with E-state index in [1.165, 1.54) is 11.1 Å². The fourth-order valence-electron chi connectivity index (χ4n) is 3.07. The van der Waals surface area contributed by atoms with Crippen LogP contribution in [0.5, 0.6) is 0 Å². The summed E-state index contributed by atoms with van der Waals surface area (Å²) in [5, 5.41) is 8.34. The van der Waals surface area contributed by atoms with Gasteiger partial charge in [0.25, 0.3) is 0 Å². The number of hydrogen-bond acceptors (Lipinski definition) is 4. The highest BCUT2D eigenvalue weighted by molar-refractivity contribution is 5.99. The number of unbranched alkanes of at least 4 members (excludes halogenated alkanes) is 1. The van der Waals surface area contributed by atoms with Crippen molar-refractivity contribution in [2.45, 2.75) is 66.2 Å². The molecule has 0 bridgehead atoms. The van der Waals surface area contributed by atoms with Crippen LogP contribution in [0, 0.1) is 0 Å². The van der Waals surface area contributed by atoms with Crippen molar-refractivity contribution >= 4 is 23.2 Å². The molecule has 32 heavy (non-hydrogen) atoms. The molecule has 2 amide bonds. The maximum atomic E-state index is 12.0. The lowest BCUT2D eigenvalue weighted by molar-refractivity contribution is -0.123. The van der Waals surface area contributed by atoms with E-state index in [1.807, 2.05) is 38.1 Å². The second kappa shape index (κ2) is 13.2. The average molecular weight is 435 g/mol. The predicted molar refractivity (Wildman–Crippen MR) is 131 cm³/mol. The van der Waals surface area contributed by atoms with E-state index in [1.54, 1.807) is 0 Å². The maximum Gasteiger partial charge on any atom is 0.240 e. The fourth-order valence-corrected chi connectivity index (χ4v) is 3.07. The zero-order valence-corrected chi connectivity index (χ0v) is 19.6. The van der Waals surface area contributed by atoms with Crippen LogP contribution in [0.25, 0.3) is 0 Å². The number of amides is 2. The summed E-state index contributed by atoms with van der Waals surface area (Å²) in [5.74, 6) is -0.307. The molecule has 0 saturated heterocycles.